The highest BCUT2D eigenvalue weighted by molar-refractivity contribution is 7.07. The Morgan fingerprint density at radius 1 is 1.18 bits per heavy atom. The van der Waals surface area contributed by atoms with E-state index in [-0.39, 0.29) is 17.7 Å². The molecule has 8 nitrogen and oxygen atoms in total. The summed E-state index contributed by atoms with van der Waals surface area (Å²) in [5.41, 5.74) is 9.97. The van der Waals surface area contributed by atoms with Gasteiger partial charge in [-0.05, 0) is 55.5 Å². The van der Waals surface area contributed by atoms with E-state index in [4.69, 9.17) is 5.26 Å². The van der Waals surface area contributed by atoms with Gasteiger partial charge in [-0.15, -0.1) is 0 Å². The Morgan fingerprint density at radius 2 is 2.03 bits per heavy atom. The minimum Gasteiger partial charge on any atom is -0.371 e. The molecule has 196 valence electrons. The van der Waals surface area contributed by atoms with Gasteiger partial charge in [0.1, 0.15) is 21.8 Å². The van der Waals surface area contributed by atoms with Gasteiger partial charge in [0.25, 0.3) is 11.5 Å². The molecule has 1 aromatic heterocycles. The van der Waals surface area contributed by atoms with Crippen LogP contribution >= 0.6 is 11.3 Å². The van der Waals surface area contributed by atoms with Crippen LogP contribution in [0.3, 0.4) is 0 Å². The molecule has 1 amide bonds. The highest BCUT2D eigenvalue weighted by Gasteiger charge is 2.15. The number of aromatic nitrogens is 1. The first kappa shape index (κ1) is 27.3. The minimum atomic E-state index is -0.713. The number of fused-ring (bicyclic) bond motifs is 1. The summed E-state index contributed by atoms with van der Waals surface area (Å²) in [6, 6.07) is 20.3. The third-order valence-corrected chi connectivity index (χ3v) is 7.36. The maximum Gasteiger partial charge on any atom is 0.277 e. The average molecular weight is 537 g/mol. The predicted molar refractivity (Wildman–Crippen MR) is 153 cm³/mol. The Kier molecular flexibility index (Phi) is 9.19. The second-order valence-electron chi connectivity index (χ2n) is 8.84. The number of anilines is 2. The number of nitrogens with zero attached hydrogens (tertiary/aromatic N) is 4. The topological polar surface area (TPSA) is 114 Å². The zero-order valence-corrected chi connectivity index (χ0v) is 22.5. The molecule has 39 heavy (non-hydrogen) atoms. The molecule has 3 aromatic rings. The molecule has 4 rings (SSSR count). The molecule has 2 heterocycles. The quantitative estimate of drug-likeness (QED) is 0.260. The fourth-order valence-corrected chi connectivity index (χ4v) is 5.43. The molecule has 0 radical (unpaired) electrons. The van der Waals surface area contributed by atoms with Crippen LogP contribution in [-0.4, -0.2) is 30.1 Å². The zero-order chi connectivity index (χ0) is 27.6. The molecule has 0 unspecified atom stereocenters. The molecular formula is C30H28N6O2S. The lowest BCUT2D eigenvalue weighted by atomic mass is 10.0. The van der Waals surface area contributed by atoms with Crippen LogP contribution in [0.4, 0.5) is 11.4 Å². The van der Waals surface area contributed by atoms with Gasteiger partial charge in [-0.2, -0.15) is 10.5 Å². The second kappa shape index (κ2) is 13.1. The molecule has 1 aliphatic rings. The number of hydrogen-bond donors (Lipinski definition) is 2. The van der Waals surface area contributed by atoms with Crippen molar-refractivity contribution < 1.29 is 4.79 Å². The highest BCUT2D eigenvalue weighted by atomic mass is 32.1. The summed E-state index contributed by atoms with van der Waals surface area (Å²) >= 11 is 1.09. The number of thiazole rings is 1. The molecule has 0 bridgehead atoms. The van der Waals surface area contributed by atoms with Gasteiger partial charge in [-0.3, -0.25) is 14.2 Å². The molecule has 2 aromatic carbocycles. The largest absolute Gasteiger partial charge is 0.371 e. The number of hydrogen-bond acceptors (Lipinski definition) is 7. The monoisotopic (exact) mass is 536 g/mol. The van der Waals surface area contributed by atoms with E-state index in [1.165, 1.54) is 27.8 Å². The van der Waals surface area contributed by atoms with Crippen molar-refractivity contribution in [3.05, 3.63) is 91.0 Å². The lowest BCUT2D eigenvalue weighted by Gasteiger charge is -2.31. The average Bonchev–Trinajstić information content (AvgIpc) is 3.27. The van der Waals surface area contributed by atoms with Crippen LogP contribution < -0.4 is 30.3 Å². The predicted octanol–water partition coefficient (Wildman–Crippen LogP) is 2.40. The van der Waals surface area contributed by atoms with Gasteiger partial charge in [-0.1, -0.05) is 53.1 Å². The lowest BCUT2D eigenvalue weighted by molar-refractivity contribution is -0.116. The van der Waals surface area contributed by atoms with Crippen molar-refractivity contribution >= 4 is 40.1 Å². The van der Waals surface area contributed by atoms with E-state index in [2.05, 4.69) is 63.4 Å². The number of nitriles is 2. The smallest absolute Gasteiger partial charge is 0.277 e. The summed E-state index contributed by atoms with van der Waals surface area (Å²) in [7, 11) is 0. The first-order valence-electron chi connectivity index (χ1n) is 12.7. The van der Waals surface area contributed by atoms with Crippen LogP contribution in [0.1, 0.15) is 24.5 Å². The minimum absolute atomic E-state index is 0.225. The maximum atomic E-state index is 12.8. The Hall–Kier alpha value is -4.78. The number of benzene rings is 2. The van der Waals surface area contributed by atoms with Gasteiger partial charge in [0, 0.05) is 37.2 Å². The molecular weight excluding hydrogens is 508 g/mol. The van der Waals surface area contributed by atoms with Crippen LogP contribution in [0, 0.1) is 22.7 Å². The zero-order valence-electron chi connectivity index (χ0n) is 21.7. The van der Waals surface area contributed by atoms with Crippen LogP contribution in [0.25, 0.3) is 11.5 Å². The van der Waals surface area contributed by atoms with Crippen LogP contribution in [-0.2, 0) is 24.2 Å². The van der Waals surface area contributed by atoms with Gasteiger partial charge in [-0.25, -0.2) is 0 Å². The van der Waals surface area contributed by atoms with Crippen LogP contribution in [0.2, 0.25) is 0 Å². The van der Waals surface area contributed by atoms with E-state index in [9.17, 15) is 14.9 Å². The first-order chi connectivity index (χ1) is 19.0. The Bertz CT molecular complexity index is 1710. The molecule has 0 saturated heterocycles. The number of para-hydroxylation sites is 1. The number of carbonyl (C=O) groups is 1. The lowest BCUT2D eigenvalue weighted by Crippen LogP contribution is -2.31. The molecule has 9 heteroatoms. The first-order valence-corrected chi connectivity index (χ1v) is 13.5. The second-order valence-corrected chi connectivity index (χ2v) is 9.84. The molecule has 0 spiro atoms. The van der Waals surface area contributed by atoms with Gasteiger partial charge in [0.15, 0.2) is 5.57 Å². The molecule has 0 fully saturated rings. The van der Waals surface area contributed by atoms with E-state index in [1.54, 1.807) is 25.3 Å². The van der Waals surface area contributed by atoms with Crippen LogP contribution in [0.15, 0.2) is 65.1 Å². The van der Waals surface area contributed by atoms with Gasteiger partial charge >= 0.3 is 0 Å². The Labute approximate surface area is 230 Å². The van der Waals surface area contributed by atoms with Gasteiger partial charge in [0.05, 0.1) is 6.07 Å². The Morgan fingerprint density at radius 3 is 2.82 bits per heavy atom. The van der Waals surface area contributed by atoms with Gasteiger partial charge < -0.3 is 15.5 Å². The van der Waals surface area contributed by atoms with Crippen LogP contribution in [0.5, 0.6) is 0 Å². The van der Waals surface area contributed by atoms with E-state index in [0.717, 1.165) is 43.0 Å². The summed E-state index contributed by atoms with van der Waals surface area (Å²) < 4.78 is 2.08. The number of rotatable bonds is 8. The molecule has 0 saturated carbocycles. The Balaban J connectivity index is 1.53. The van der Waals surface area contributed by atoms with Crippen molar-refractivity contribution in [2.45, 2.75) is 32.7 Å². The summed E-state index contributed by atoms with van der Waals surface area (Å²) in [6.45, 7) is 3.92. The van der Waals surface area contributed by atoms with Crippen molar-refractivity contribution in [3.63, 3.8) is 0 Å². The maximum absolute atomic E-state index is 12.8. The number of carbonyl (C=O) groups excluding carboxylic acids is 1. The SMILES string of the molecule is CCn1c(=C=C(C#N)C(=O)NCC#N)sc(=C=CNc2cccc(CCN3CCCc4ccccc43)c2)c1=O. The van der Waals surface area contributed by atoms with E-state index in [1.807, 2.05) is 12.1 Å². The molecule has 0 atom stereocenters. The fourth-order valence-electron chi connectivity index (χ4n) is 4.44. The normalized spacial score (nSPS) is 11.7. The number of nitrogens with one attached hydrogen (secondary N) is 2. The van der Waals surface area contributed by atoms with Crippen molar-refractivity contribution in [1.29, 1.82) is 10.5 Å². The fraction of sp³-hybridized carbons (Fsp3) is 0.267. The van der Waals surface area contributed by atoms with Crippen molar-refractivity contribution in [3.8, 4) is 12.1 Å². The highest BCUT2D eigenvalue weighted by Crippen LogP contribution is 2.26. The third kappa shape index (κ3) is 6.76. The van der Waals surface area contributed by atoms with Crippen molar-refractivity contribution in [1.82, 2.24) is 9.88 Å². The molecule has 2 N–H and O–H groups in total. The van der Waals surface area contributed by atoms with E-state index in [0.29, 0.717) is 15.7 Å². The van der Waals surface area contributed by atoms with E-state index < -0.39 is 5.91 Å². The summed E-state index contributed by atoms with van der Waals surface area (Å²) in [6.07, 6.45) is 4.81. The molecule has 1 aliphatic heterocycles. The standard InChI is InChI=1S/C30H28N6O2S/c1-2-36-28(20-24(21-32)29(37)34-16-14-31)39-27(30(36)38)12-15-33-25-10-5-7-22(19-25)13-18-35-17-6-9-23-8-3-4-11-26(23)35/h3-5,7-8,10-11,15,19,33H,2,6,9,13,16-18H2,1H3,(H,34,37). The summed E-state index contributed by atoms with van der Waals surface area (Å²) in [4.78, 5) is 27.4. The third-order valence-electron chi connectivity index (χ3n) is 6.34. The summed E-state index contributed by atoms with van der Waals surface area (Å²) in [5, 5.41) is 23.5. The van der Waals surface area contributed by atoms with Gasteiger partial charge in [0.2, 0.25) is 0 Å². The molecule has 0 aliphatic carbocycles. The van der Waals surface area contributed by atoms with Crippen molar-refractivity contribution in [2.75, 3.05) is 29.9 Å². The number of amides is 1. The van der Waals surface area contributed by atoms with Crippen molar-refractivity contribution in [2.24, 2.45) is 0 Å². The van der Waals surface area contributed by atoms with E-state index >= 15 is 0 Å². The number of aryl methyl sites for hydroxylation is 1. The summed E-state index contributed by atoms with van der Waals surface area (Å²) in [5.74, 6) is -0.713.